The molecule has 0 unspecified atom stereocenters. The normalized spacial score (nSPS) is 17.0. The lowest BCUT2D eigenvalue weighted by molar-refractivity contribution is 0.0543. The van der Waals surface area contributed by atoms with Gasteiger partial charge in [-0.3, -0.25) is 0 Å². The van der Waals surface area contributed by atoms with E-state index in [1.54, 1.807) is 10.8 Å². The highest BCUT2D eigenvalue weighted by Crippen LogP contribution is 2.36. The monoisotopic (exact) mass is 387 g/mol. The molecule has 0 atom stereocenters. The average Bonchev–Trinajstić information content (AvgIpc) is 3.08. The number of rotatable bonds is 4. The minimum absolute atomic E-state index is 0.0475. The molecule has 1 aromatic carbocycles. The van der Waals surface area contributed by atoms with Gasteiger partial charge in [0, 0.05) is 29.6 Å². The predicted molar refractivity (Wildman–Crippen MR) is 95.1 cm³/mol. The van der Waals surface area contributed by atoms with Gasteiger partial charge in [0.05, 0.1) is 0 Å². The van der Waals surface area contributed by atoms with Crippen LogP contribution >= 0.6 is 15.9 Å². The van der Waals surface area contributed by atoms with Gasteiger partial charge in [-0.15, -0.1) is 15.3 Å². The van der Waals surface area contributed by atoms with Crippen LogP contribution in [-0.2, 0) is 10.2 Å². The molecule has 24 heavy (non-hydrogen) atoms. The summed E-state index contributed by atoms with van der Waals surface area (Å²) < 4.78 is 8.39. The molecule has 0 aliphatic carbocycles. The molecule has 1 fully saturated rings. The summed E-state index contributed by atoms with van der Waals surface area (Å²) in [6.45, 7) is 2.38. The number of nitrogens with one attached hydrogen (secondary N) is 1. The molecule has 1 aliphatic rings. The second-order valence-corrected chi connectivity index (χ2v) is 7.02. The third kappa shape index (κ3) is 3.01. The van der Waals surface area contributed by atoms with Gasteiger partial charge in [0.25, 0.3) is 0 Å². The van der Waals surface area contributed by atoms with Crippen LogP contribution in [-0.4, -0.2) is 39.6 Å². The Labute approximate surface area is 148 Å². The fourth-order valence-electron chi connectivity index (χ4n) is 3.23. The number of hydrogen-bond donors (Lipinski definition) is 1. The van der Waals surface area contributed by atoms with Crippen molar-refractivity contribution in [2.24, 2.45) is 0 Å². The van der Waals surface area contributed by atoms with Crippen molar-refractivity contribution in [1.29, 1.82) is 0 Å². The van der Waals surface area contributed by atoms with Gasteiger partial charge in [0.15, 0.2) is 5.65 Å². The van der Waals surface area contributed by atoms with E-state index in [1.165, 1.54) is 5.56 Å². The second-order valence-electron chi connectivity index (χ2n) is 6.11. The lowest BCUT2D eigenvalue weighted by Gasteiger charge is -2.38. The van der Waals surface area contributed by atoms with E-state index in [4.69, 9.17) is 4.74 Å². The maximum atomic E-state index is 5.60. The van der Waals surface area contributed by atoms with E-state index >= 15 is 0 Å². The van der Waals surface area contributed by atoms with Gasteiger partial charge in [-0.2, -0.15) is 4.52 Å². The Morgan fingerprint density at radius 3 is 2.92 bits per heavy atom. The van der Waals surface area contributed by atoms with Gasteiger partial charge in [-0.25, -0.2) is 0 Å². The smallest absolute Gasteiger partial charge is 0.177 e. The molecule has 0 spiro atoms. The number of fused-ring (bicyclic) bond motifs is 1. The predicted octanol–water partition coefficient (Wildman–Crippen LogP) is 3.05. The quantitative estimate of drug-likeness (QED) is 0.745. The zero-order chi connectivity index (χ0) is 16.4. The van der Waals surface area contributed by atoms with Crippen LogP contribution in [0, 0.1) is 0 Å². The van der Waals surface area contributed by atoms with Crippen molar-refractivity contribution in [1.82, 2.24) is 19.8 Å². The lowest BCUT2D eigenvalue weighted by Crippen LogP contribution is -2.40. The number of aromatic nitrogens is 4. The summed E-state index contributed by atoms with van der Waals surface area (Å²) in [5.74, 6) is 0.822. The van der Waals surface area contributed by atoms with Gasteiger partial charge >= 0.3 is 0 Å². The average molecular weight is 388 g/mol. The van der Waals surface area contributed by atoms with Crippen molar-refractivity contribution >= 4 is 27.4 Å². The Morgan fingerprint density at radius 1 is 1.21 bits per heavy atom. The van der Waals surface area contributed by atoms with Crippen molar-refractivity contribution in [3.63, 3.8) is 0 Å². The first-order chi connectivity index (χ1) is 11.8. The zero-order valence-electron chi connectivity index (χ0n) is 13.2. The molecule has 0 bridgehead atoms. The largest absolute Gasteiger partial charge is 0.381 e. The Hall–Kier alpha value is -1.99. The van der Waals surface area contributed by atoms with Crippen LogP contribution in [0.15, 0.2) is 47.2 Å². The minimum atomic E-state index is 0.0475. The molecular formula is C17H18BrN5O. The van der Waals surface area contributed by atoms with E-state index in [1.807, 2.05) is 12.1 Å². The molecule has 6 nitrogen and oxygen atoms in total. The molecule has 4 rings (SSSR count). The molecule has 1 aliphatic heterocycles. The molecule has 1 saturated heterocycles. The van der Waals surface area contributed by atoms with Gasteiger partial charge in [0.1, 0.15) is 12.1 Å². The number of halogens is 1. The summed E-state index contributed by atoms with van der Waals surface area (Å²) in [6, 6.07) is 12.4. The maximum Gasteiger partial charge on any atom is 0.177 e. The number of benzene rings is 1. The van der Waals surface area contributed by atoms with Crippen LogP contribution in [0.1, 0.15) is 18.4 Å². The molecule has 124 valence electrons. The first-order valence-corrected chi connectivity index (χ1v) is 8.79. The number of nitrogens with zero attached hydrogens (tertiary/aromatic N) is 4. The van der Waals surface area contributed by atoms with E-state index in [-0.39, 0.29) is 5.41 Å². The molecule has 7 heteroatoms. The summed E-state index contributed by atoms with van der Waals surface area (Å²) in [5, 5.41) is 15.8. The van der Waals surface area contributed by atoms with Crippen LogP contribution in [0.4, 0.5) is 5.82 Å². The van der Waals surface area contributed by atoms with Gasteiger partial charge in [0.2, 0.25) is 0 Å². The maximum absolute atomic E-state index is 5.60. The SMILES string of the molecule is Brc1cccc(C2(CNc3ccc4nncn4n3)CCOCC2)c1. The summed E-state index contributed by atoms with van der Waals surface area (Å²) in [6.07, 6.45) is 3.59. The fourth-order valence-corrected chi connectivity index (χ4v) is 3.63. The summed E-state index contributed by atoms with van der Waals surface area (Å²) in [4.78, 5) is 0. The van der Waals surface area contributed by atoms with Crippen molar-refractivity contribution in [2.45, 2.75) is 18.3 Å². The van der Waals surface area contributed by atoms with E-state index in [9.17, 15) is 0 Å². The molecule has 0 amide bonds. The molecule has 0 radical (unpaired) electrons. The fraction of sp³-hybridized carbons (Fsp3) is 0.353. The Bertz CT molecular complexity index is 844. The summed E-state index contributed by atoms with van der Waals surface area (Å²) in [7, 11) is 0. The highest BCUT2D eigenvalue weighted by molar-refractivity contribution is 9.10. The van der Waals surface area contributed by atoms with Crippen LogP contribution in [0.2, 0.25) is 0 Å². The van der Waals surface area contributed by atoms with E-state index in [0.717, 1.165) is 48.5 Å². The first-order valence-electron chi connectivity index (χ1n) is 8.00. The molecular weight excluding hydrogens is 370 g/mol. The number of anilines is 1. The van der Waals surface area contributed by atoms with Gasteiger partial charge in [-0.05, 0) is 42.7 Å². The number of hydrogen-bond acceptors (Lipinski definition) is 5. The zero-order valence-corrected chi connectivity index (χ0v) is 14.7. The standard InChI is InChI=1S/C17H18BrN5O/c18-14-3-1-2-13(10-14)17(6-8-24-9-7-17)11-19-15-4-5-16-21-20-12-23(16)22-15/h1-5,10,12H,6-9,11H2,(H,19,22). The Morgan fingerprint density at radius 2 is 2.08 bits per heavy atom. The summed E-state index contributed by atoms with van der Waals surface area (Å²) >= 11 is 3.59. The molecule has 3 aromatic rings. The van der Waals surface area contributed by atoms with Crippen LogP contribution in [0.3, 0.4) is 0 Å². The molecule has 3 heterocycles. The van der Waals surface area contributed by atoms with E-state index in [0.29, 0.717) is 0 Å². The van der Waals surface area contributed by atoms with Crippen molar-refractivity contribution in [3.8, 4) is 0 Å². The third-order valence-corrected chi connectivity index (χ3v) is 5.15. The van der Waals surface area contributed by atoms with Crippen LogP contribution in [0.5, 0.6) is 0 Å². The highest BCUT2D eigenvalue weighted by Gasteiger charge is 2.34. The lowest BCUT2D eigenvalue weighted by atomic mass is 9.74. The van der Waals surface area contributed by atoms with E-state index in [2.05, 4.69) is 60.8 Å². The molecule has 2 aromatic heterocycles. The summed E-state index contributed by atoms with van der Waals surface area (Å²) in [5.41, 5.74) is 2.12. The topological polar surface area (TPSA) is 64.3 Å². The minimum Gasteiger partial charge on any atom is -0.381 e. The second kappa shape index (κ2) is 6.49. The van der Waals surface area contributed by atoms with Crippen molar-refractivity contribution < 1.29 is 4.74 Å². The van der Waals surface area contributed by atoms with Crippen LogP contribution < -0.4 is 5.32 Å². The Balaban J connectivity index is 1.59. The molecule has 1 N–H and O–H groups in total. The number of ether oxygens (including phenoxy) is 1. The van der Waals surface area contributed by atoms with Crippen molar-refractivity contribution in [3.05, 3.63) is 52.8 Å². The molecule has 0 saturated carbocycles. The first kappa shape index (κ1) is 15.5. The van der Waals surface area contributed by atoms with Gasteiger partial charge < -0.3 is 10.1 Å². The van der Waals surface area contributed by atoms with Gasteiger partial charge in [-0.1, -0.05) is 28.1 Å². The third-order valence-electron chi connectivity index (χ3n) is 4.66. The Kier molecular flexibility index (Phi) is 4.20. The van der Waals surface area contributed by atoms with Crippen LogP contribution in [0.25, 0.3) is 5.65 Å². The van der Waals surface area contributed by atoms with Crippen molar-refractivity contribution in [2.75, 3.05) is 25.1 Å². The van der Waals surface area contributed by atoms with E-state index < -0.39 is 0 Å². The highest BCUT2D eigenvalue weighted by atomic mass is 79.9.